The second kappa shape index (κ2) is 6.64. The summed E-state index contributed by atoms with van der Waals surface area (Å²) in [4.78, 5) is 4.48. The molecule has 1 aromatic carbocycles. The number of hydrogen-bond donors (Lipinski definition) is 1. The maximum absolute atomic E-state index is 11.0. The van der Waals surface area contributed by atoms with Crippen LogP contribution in [0.1, 0.15) is 52.7 Å². The molecular formula is C22H29N3O2. The molecule has 0 radical (unpaired) electrons. The lowest BCUT2D eigenvalue weighted by atomic mass is 9.78. The van der Waals surface area contributed by atoms with Crippen molar-refractivity contribution in [3.8, 4) is 17.0 Å². The van der Waals surface area contributed by atoms with Crippen LogP contribution in [0.15, 0.2) is 30.5 Å². The van der Waals surface area contributed by atoms with Crippen molar-refractivity contribution in [3.05, 3.63) is 41.6 Å². The number of benzene rings is 1. The van der Waals surface area contributed by atoms with Crippen LogP contribution in [0.4, 0.5) is 0 Å². The molecule has 0 bridgehead atoms. The molecule has 0 unspecified atom stereocenters. The highest BCUT2D eigenvalue weighted by molar-refractivity contribution is 5.91. The van der Waals surface area contributed by atoms with Crippen molar-refractivity contribution in [2.45, 2.75) is 59.1 Å². The molecule has 144 valence electrons. The molecule has 5 heteroatoms. The van der Waals surface area contributed by atoms with Gasteiger partial charge in [-0.3, -0.25) is 0 Å². The maximum Gasteiger partial charge on any atom is 0.160 e. The van der Waals surface area contributed by atoms with Crippen LogP contribution in [-0.2, 0) is 22.3 Å². The number of pyridine rings is 1. The third-order valence-corrected chi connectivity index (χ3v) is 4.76. The molecule has 0 aliphatic heterocycles. The number of aromatic hydroxyl groups is 1. The van der Waals surface area contributed by atoms with Gasteiger partial charge in [0.15, 0.2) is 5.65 Å². The van der Waals surface area contributed by atoms with Gasteiger partial charge in [0, 0.05) is 35.4 Å². The lowest BCUT2D eigenvalue weighted by Gasteiger charge is -2.28. The van der Waals surface area contributed by atoms with Crippen LogP contribution in [0.2, 0.25) is 0 Å². The molecule has 0 aliphatic rings. The summed E-state index contributed by atoms with van der Waals surface area (Å²) in [6.07, 6.45) is 1.76. The molecule has 2 aromatic heterocycles. The number of methoxy groups -OCH3 is 1. The number of ether oxygens (including phenoxy) is 1. The van der Waals surface area contributed by atoms with Gasteiger partial charge in [-0.25, -0.2) is 9.67 Å². The van der Waals surface area contributed by atoms with Gasteiger partial charge in [0.05, 0.1) is 0 Å². The molecule has 0 fully saturated rings. The average Bonchev–Trinajstić information content (AvgIpc) is 2.92. The summed E-state index contributed by atoms with van der Waals surface area (Å²) in [6.45, 7) is 13.0. The fraction of sp³-hybridized carbons (Fsp3) is 0.455. The summed E-state index contributed by atoms with van der Waals surface area (Å²) in [5, 5.41) is 16.7. The molecule has 0 spiro atoms. The summed E-state index contributed by atoms with van der Waals surface area (Å²) in [5.74, 6) is 0.373. The van der Waals surface area contributed by atoms with Crippen molar-refractivity contribution in [3.63, 3.8) is 0 Å². The van der Waals surface area contributed by atoms with E-state index in [1.165, 1.54) is 0 Å². The number of phenols is 1. The van der Waals surface area contributed by atoms with E-state index in [0.29, 0.717) is 12.5 Å². The van der Waals surface area contributed by atoms with Crippen LogP contribution in [0.3, 0.4) is 0 Å². The van der Waals surface area contributed by atoms with Crippen LogP contribution in [0, 0.1) is 0 Å². The van der Waals surface area contributed by atoms with E-state index in [4.69, 9.17) is 9.84 Å². The SMILES string of the molecule is COCn1nc(-c2cc(C(C)(C)C)c(O)c(C(C)(C)C)c2)c2cccnc21. The minimum absolute atomic E-state index is 0.191. The third-order valence-electron chi connectivity index (χ3n) is 4.76. The highest BCUT2D eigenvalue weighted by atomic mass is 16.5. The van der Waals surface area contributed by atoms with Crippen molar-refractivity contribution in [1.29, 1.82) is 0 Å². The first-order valence-corrected chi connectivity index (χ1v) is 9.23. The normalized spacial score (nSPS) is 12.7. The average molecular weight is 367 g/mol. The smallest absolute Gasteiger partial charge is 0.160 e. The highest BCUT2D eigenvalue weighted by Gasteiger charge is 2.28. The molecule has 0 saturated heterocycles. The Balaban J connectivity index is 2.34. The van der Waals surface area contributed by atoms with Gasteiger partial charge in [0.2, 0.25) is 0 Å². The largest absolute Gasteiger partial charge is 0.507 e. The molecule has 1 N–H and O–H groups in total. The molecule has 0 aliphatic carbocycles. The van der Waals surface area contributed by atoms with Gasteiger partial charge in [-0.05, 0) is 35.1 Å². The molecule has 2 heterocycles. The Hall–Kier alpha value is -2.40. The van der Waals surface area contributed by atoms with E-state index in [1.54, 1.807) is 18.0 Å². The number of aromatic nitrogens is 3. The minimum Gasteiger partial charge on any atom is -0.507 e. The molecular weight excluding hydrogens is 338 g/mol. The van der Waals surface area contributed by atoms with E-state index in [0.717, 1.165) is 33.4 Å². The zero-order valence-corrected chi connectivity index (χ0v) is 17.3. The Morgan fingerprint density at radius 3 is 2.15 bits per heavy atom. The van der Waals surface area contributed by atoms with E-state index in [1.807, 2.05) is 12.1 Å². The zero-order chi connectivity index (χ0) is 20.0. The Kier molecular flexibility index (Phi) is 4.76. The predicted molar refractivity (Wildman–Crippen MR) is 109 cm³/mol. The van der Waals surface area contributed by atoms with Crippen LogP contribution in [0.5, 0.6) is 5.75 Å². The van der Waals surface area contributed by atoms with Crippen molar-refractivity contribution < 1.29 is 9.84 Å². The lowest BCUT2D eigenvalue weighted by Crippen LogP contribution is -2.17. The van der Waals surface area contributed by atoms with E-state index >= 15 is 0 Å². The Labute approximate surface area is 161 Å². The van der Waals surface area contributed by atoms with Gasteiger partial charge >= 0.3 is 0 Å². The number of hydrogen-bond acceptors (Lipinski definition) is 4. The minimum atomic E-state index is -0.191. The van der Waals surface area contributed by atoms with Crippen LogP contribution in [-0.4, -0.2) is 27.0 Å². The topological polar surface area (TPSA) is 60.2 Å². The van der Waals surface area contributed by atoms with Crippen molar-refractivity contribution >= 4 is 11.0 Å². The van der Waals surface area contributed by atoms with Crippen LogP contribution >= 0.6 is 0 Å². The summed E-state index contributed by atoms with van der Waals surface area (Å²) in [6, 6.07) is 8.05. The molecule has 3 rings (SSSR count). The van der Waals surface area contributed by atoms with Gasteiger partial charge in [-0.15, -0.1) is 0 Å². The van der Waals surface area contributed by atoms with Gasteiger partial charge in [-0.2, -0.15) is 5.10 Å². The summed E-state index contributed by atoms with van der Waals surface area (Å²) < 4.78 is 7.05. The molecule has 0 saturated carbocycles. The molecule has 0 amide bonds. The van der Waals surface area contributed by atoms with Gasteiger partial charge in [0.25, 0.3) is 0 Å². The molecule has 0 atom stereocenters. The van der Waals surface area contributed by atoms with Gasteiger partial charge in [0.1, 0.15) is 18.2 Å². The third kappa shape index (κ3) is 3.56. The van der Waals surface area contributed by atoms with Gasteiger partial charge in [-0.1, -0.05) is 41.5 Å². The van der Waals surface area contributed by atoms with E-state index in [9.17, 15) is 5.11 Å². The highest BCUT2D eigenvalue weighted by Crippen LogP contribution is 2.42. The first-order chi connectivity index (χ1) is 12.5. The van der Waals surface area contributed by atoms with E-state index < -0.39 is 0 Å². The first-order valence-electron chi connectivity index (χ1n) is 9.23. The second-order valence-electron chi connectivity index (χ2n) is 9.06. The fourth-order valence-electron chi connectivity index (χ4n) is 3.35. The Morgan fingerprint density at radius 1 is 1.04 bits per heavy atom. The van der Waals surface area contributed by atoms with Crippen molar-refractivity contribution in [2.24, 2.45) is 0 Å². The monoisotopic (exact) mass is 367 g/mol. The van der Waals surface area contributed by atoms with Crippen LogP contribution < -0.4 is 0 Å². The molecule has 3 aromatic rings. The fourth-order valence-corrected chi connectivity index (χ4v) is 3.35. The Bertz CT molecular complexity index is 940. The predicted octanol–water partition coefficient (Wildman–Crippen LogP) is 5.00. The lowest BCUT2D eigenvalue weighted by molar-refractivity contribution is 0.124. The standard InChI is InChI=1S/C22H29N3O2/c1-21(2,3)16-11-14(12-17(19(16)26)22(4,5)6)18-15-9-8-10-23-20(15)25(24-18)13-27-7/h8-12,26H,13H2,1-7H3. The summed E-state index contributed by atoms with van der Waals surface area (Å²) in [5.41, 5.74) is 4.08. The zero-order valence-electron chi connectivity index (χ0n) is 17.3. The number of phenolic OH excluding ortho intramolecular Hbond substituents is 1. The molecule has 27 heavy (non-hydrogen) atoms. The number of fused-ring (bicyclic) bond motifs is 1. The van der Waals surface area contributed by atoms with Gasteiger partial charge < -0.3 is 9.84 Å². The first kappa shape index (κ1) is 19.4. The molecule has 5 nitrogen and oxygen atoms in total. The van der Waals surface area contributed by atoms with Crippen molar-refractivity contribution in [2.75, 3.05) is 7.11 Å². The van der Waals surface area contributed by atoms with E-state index in [2.05, 4.69) is 58.7 Å². The van der Waals surface area contributed by atoms with Crippen molar-refractivity contribution in [1.82, 2.24) is 14.8 Å². The number of rotatable bonds is 3. The summed E-state index contributed by atoms with van der Waals surface area (Å²) in [7, 11) is 1.64. The summed E-state index contributed by atoms with van der Waals surface area (Å²) >= 11 is 0. The Morgan fingerprint density at radius 2 is 1.63 bits per heavy atom. The van der Waals surface area contributed by atoms with Crippen LogP contribution in [0.25, 0.3) is 22.3 Å². The second-order valence-corrected chi connectivity index (χ2v) is 9.06. The quantitative estimate of drug-likeness (QED) is 0.707. The number of nitrogens with zero attached hydrogens (tertiary/aromatic N) is 3. The van der Waals surface area contributed by atoms with E-state index in [-0.39, 0.29) is 10.8 Å². The maximum atomic E-state index is 11.0.